The maximum absolute atomic E-state index is 11.7. The summed E-state index contributed by atoms with van der Waals surface area (Å²) in [6.45, 7) is 0. The van der Waals surface area contributed by atoms with Gasteiger partial charge in [0, 0.05) is 12.1 Å². The molecule has 9 heteroatoms. The number of carbonyl (C=O) groups excluding carboxylic acids is 1. The van der Waals surface area contributed by atoms with Crippen molar-refractivity contribution in [3.05, 3.63) is 38.7 Å². The van der Waals surface area contributed by atoms with Gasteiger partial charge in [0.05, 0.1) is 22.9 Å². The van der Waals surface area contributed by atoms with Crippen molar-refractivity contribution in [2.75, 3.05) is 12.4 Å². The maximum Gasteiger partial charge on any atom is 0.413 e. The van der Waals surface area contributed by atoms with E-state index in [1.807, 2.05) is 0 Å². The Morgan fingerprint density at radius 2 is 2.26 bits per heavy atom. The summed E-state index contributed by atoms with van der Waals surface area (Å²) in [6, 6.07) is 3.66. The Balaban J connectivity index is 2.53. The van der Waals surface area contributed by atoms with Gasteiger partial charge in [-0.1, -0.05) is 0 Å². The number of methoxy groups -OCH3 is 1. The molecule has 0 atom stereocenters. The Morgan fingerprint density at radius 1 is 1.53 bits per heavy atom. The number of aromatic nitrogens is 2. The number of nitro groups is 1. The Labute approximate surface area is 105 Å². The highest BCUT2D eigenvalue weighted by molar-refractivity contribution is 5.85. The number of nitrogens with zero attached hydrogens (tertiary/aromatic N) is 2. The molecule has 1 amide bonds. The van der Waals surface area contributed by atoms with E-state index in [2.05, 4.69) is 20.0 Å². The lowest BCUT2D eigenvalue weighted by Gasteiger charge is -2.03. The quantitative estimate of drug-likeness (QED) is 0.615. The van der Waals surface area contributed by atoms with Gasteiger partial charge in [0.2, 0.25) is 5.95 Å². The number of carbonyl (C=O) groups is 1. The zero-order chi connectivity index (χ0) is 14.0. The van der Waals surface area contributed by atoms with Crippen LogP contribution in [0.5, 0.6) is 0 Å². The first-order chi connectivity index (χ1) is 9.01. The third kappa shape index (κ3) is 2.49. The van der Waals surface area contributed by atoms with Crippen LogP contribution in [0.3, 0.4) is 0 Å². The largest absolute Gasteiger partial charge is 0.453 e. The highest BCUT2D eigenvalue weighted by Gasteiger charge is 2.11. The molecule has 1 heterocycles. The number of fused-ring (bicyclic) bond motifs is 1. The predicted molar refractivity (Wildman–Crippen MR) is 65.0 cm³/mol. The average Bonchev–Trinajstić information content (AvgIpc) is 2.38. The summed E-state index contributed by atoms with van der Waals surface area (Å²) in [5.74, 6) is -0.0989. The summed E-state index contributed by atoms with van der Waals surface area (Å²) in [6.07, 6.45) is -0.788. The van der Waals surface area contributed by atoms with E-state index < -0.39 is 16.6 Å². The summed E-state index contributed by atoms with van der Waals surface area (Å²) in [5, 5.41) is 12.9. The van der Waals surface area contributed by atoms with Gasteiger partial charge in [-0.3, -0.25) is 25.2 Å². The number of rotatable bonds is 2. The molecular weight excluding hydrogens is 256 g/mol. The highest BCUT2D eigenvalue weighted by atomic mass is 16.6. The number of hydrogen-bond acceptors (Lipinski definition) is 6. The summed E-state index contributed by atoms with van der Waals surface area (Å²) < 4.78 is 4.36. The van der Waals surface area contributed by atoms with Crippen molar-refractivity contribution in [2.24, 2.45) is 0 Å². The number of H-pyrrole nitrogens is 1. The fraction of sp³-hybridized carbons (Fsp3) is 0.100. The van der Waals surface area contributed by atoms with Gasteiger partial charge in [-0.05, 0) is 6.07 Å². The minimum Gasteiger partial charge on any atom is -0.453 e. The van der Waals surface area contributed by atoms with E-state index in [0.717, 1.165) is 13.2 Å². The smallest absolute Gasteiger partial charge is 0.413 e. The topological polar surface area (TPSA) is 127 Å². The Kier molecular flexibility index (Phi) is 3.10. The van der Waals surface area contributed by atoms with E-state index in [9.17, 15) is 19.7 Å². The lowest BCUT2D eigenvalue weighted by atomic mass is 10.2. The van der Waals surface area contributed by atoms with Crippen molar-refractivity contribution in [1.29, 1.82) is 0 Å². The first kappa shape index (κ1) is 12.5. The monoisotopic (exact) mass is 264 g/mol. The summed E-state index contributed by atoms with van der Waals surface area (Å²) in [7, 11) is 1.16. The van der Waals surface area contributed by atoms with Gasteiger partial charge >= 0.3 is 6.09 Å². The van der Waals surface area contributed by atoms with Crippen LogP contribution in [0.15, 0.2) is 23.0 Å². The molecule has 1 aromatic heterocycles. The van der Waals surface area contributed by atoms with Crippen LogP contribution in [0.25, 0.3) is 10.9 Å². The Hall–Kier alpha value is -2.97. The van der Waals surface area contributed by atoms with E-state index in [1.165, 1.54) is 12.1 Å². The molecule has 0 unspecified atom stereocenters. The average molecular weight is 264 g/mol. The van der Waals surface area contributed by atoms with Crippen molar-refractivity contribution in [2.45, 2.75) is 0 Å². The zero-order valence-corrected chi connectivity index (χ0v) is 9.67. The van der Waals surface area contributed by atoms with Gasteiger partial charge in [-0.15, -0.1) is 0 Å². The molecule has 0 bridgehead atoms. The van der Waals surface area contributed by atoms with Gasteiger partial charge in [-0.2, -0.15) is 0 Å². The third-order valence-electron chi connectivity index (χ3n) is 2.31. The van der Waals surface area contributed by atoms with Crippen molar-refractivity contribution < 1.29 is 14.5 Å². The number of ether oxygens (including phenoxy) is 1. The molecule has 98 valence electrons. The predicted octanol–water partition coefficient (Wildman–Crippen LogP) is 1.01. The summed E-state index contributed by atoms with van der Waals surface area (Å²) >= 11 is 0. The maximum atomic E-state index is 11.7. The number of nitrogens with one attached hydrogen (secondary N) is 2. The SMILES string of the molecule is COC(=O)Nc1nc2ccc([N+](=O)[O-])cc2c(=O)[nH]1. The number of aromatic amines is 1. The molecule has 0 saturated carbocycles. The molecule has 0 radical (unpaired) electrons. The summed E-state index contributed by atoms with van der Waals surface area (Å²) in [5.41, 5.74) is -0.589. The lowest BCUT2D eigenvalue weighted by molar-refractivity contribution is -0.384. The fourth-order valence-corrected chi connectivity index (χ4v) is 1.45. The van der Waals surface area contributed by atoms with Crippen molar-refractivity contribution in [3.63, 3.8) is 0 Å². The minimum atomic E-state index is -0.788. The number of hydrogen-bond donors (Lipinski definition) is 2. The molecule has 0 spiro atoms. The van der Waals surface area contributed by atoms with Crippen molar-refractivity contribution >= 4 is 28.6 Å². The second-order valence-electron chi connectivity index (χ2n) is 3.49. The van der Waals surface area contributed by atoms with Crippen LogP contribution >= 0.6 is 0 Å². The second-order valence-corrected chi connectivity index (χ2v) is 3.49. The van der Waals surface area contributed by atoms with Crippen LogP contribution in [-0.4, -0.2) is 28.1 Å². The first-order valence-electron chi connectivity index (χ1n) is 5.04. The van der Waals surface area contributed by atoms with Crippen molar-refractivity contribution in [3.8, 4) is 0 Å². The van der Waals surface area contributed by atoms with Gasteiger partial charge < -0.3 is 4.74 Å². The molecule has 0 saturated heterocycles. The van der Waals surface area contributed by atoms with Crippen molar-refractivity contribution in [1.82, 2.24) is 9.97 Å². The van der Waals surface area contributed by atoms with Crippen LogP contribution < -0.4 is 10.9 Å². The third-order valence-corrected chi connectivity index (χ3v) is 2.31. The lowest BCUT2D eigenvalue weighted by Crippen LogP contribution is -2.18. The van der Waals surface area contributed by atoms with Crippen LogP contribution in [0.1, 0.15) is 0 Å². The molecule has 19 heavy (non-hydrogen) atoms. The van der Waals surface area contributed by atoms with Crippen LogP contribution in [0.2, 0.25) is 0 Å². The van der Waals surface area contributed by atoms with Gasteiger partial charge in [-0.25, -0.2) is 9.78 Å². The van der Waals surface area contributed by atoms with Crippen LogP contribution in [0.4, 0.5) is 16.4 Å². The highest BCUT2D eigenvalue weighted by Crippen LogP contribution is 2.17. The standard InChI is InChI=1S/C10H8N4O5/c1-19-10(16)13-9-11-7-3-2-5(14(17)18)4-6(7)8(15)12-9/h2-4H,1H3,(H2,11,12,13,15,16). The van der Waals surface area contributed by atoms with E-state index in [-0.39, 0.29) is 22.5 Å². The number of anilines is 1. The fourth-order valence-electron chi connectivity index (χ4n) is 1.45. The van der Waals surface area contributed by atoms with E-state index in [1.54, 1.807) is 0 Å². The molecule has 2 rings (SSSR count). The van der Waals surface area contributed by atoms with Gasteiger partial charge in [0.1, 0.15) is 0 Å². The molecule has 0 aliphatic carbocycles. The number of non-ortho nitro benzene ring substituents is 1. The molecular formula is C10H8N4O5. The van der Waals surface area contributed by atoms with E-state index in [4.69, 9.17) is 0 Å². The molecule has 2 N–H and O–H groups in total. The second kappa shape index (κ2) is 4.72. The number of nitro benzene ring substituents is 1. The Bertz CT molecular complexity index is 723. The summed E-state index contributed by atoms with van der Waals surface area (Å²) in [4.78, 5) is 38.9. The molecule has 9 nitrogen and oxygen atoms in total. The number of amides is 1. The van der Waals surface area contributed by atoms with E-state index in [0.29, 0.717) is 0 Å². The molecule has 0 fully saturated rings. The van der Waals surface area contributed by atoms with Crippen LogP contribution in [-0.2, 0) is 4.74 Å². The van der Waals surface area contributed by atoms with Gasteiger partial charge in [0.25, 0.3) is 11.2 Å². The normalized spacial score (nSPS) is 10.2. The van der Waals surface area contributed by atoms with Gasteiger partial charge in [0.15, 0.2) is 0 Å². The zero-order valence-electron chi connectivity index (χ0n) is 9.67. The Morgan fingerprint density at radius 3 is 2.89 bits per heavy atom. The van der Waals surface area contributed by atoms with E-state index >= 15 is 0 Å². The van der Waals surface area contributed by atoms with Crippen LogP contribution in [0, 0.1) is 10.1 Å². The molecule has 2 aromatic rings. The molecule has 0 aliphatic heterocycles. The molecule has 1 aromatic carbocycles. The number of benzene rings is 1. The minimum absolute atomic E-state index is 0.0598. The molecule has 0 aliphatic rings. The first-order valence-corrected chi connectivity index (χ1v) is 5.04.